The summed E-state index contributed by atoms with van der Waals surface area (Å²) in [5.74, 6) is 0. The van der Waals surface area contributed by atoms with E-state index in [2.05, 4.69) is 15.4 Å². The van der Waals surface area contributed by atoms with Crippen LogP contribution in [-0.2, 0) is 0 Å². The standard InChI is InChI=1S/C8H7N3O/c1-5-2-7-8(10-11-9-7)3-6(5)4-12/h2-4H,1H3,(H,9,10,11). The quantitative estimate of drug-likeness (QED) is 0.636. The first-order valence-corrected chi connectivity index (χ1v) is 3.57. The van der Waals surface area contributed by atoms with Gasteiger partial charge in [0.1, 0.15) is 17.3 Å². The van der Waals surface area contributed by atoms with Crippen molar-refractivity contribution >= 4 is 17.3 Å². The molecule has 0 saturated heterocycles. The van der Waals surface area contributed by atoms with Gasteiger partial charge in [0.25, 0.3) is 0 Å². The second-order valence-corrected chi connectivity index (χ2v) is 2.64. The SMILES string of the molecule is Cc1cc2n[nH]nc2cc1C=O. The lowest BCUT2D eigenvalue weighted by Crippen LogP contribution is -1.85. The summed E-state index contributed by atoms with van der Waals surface area (Å²) in [6, 6.07) is 3.56. The molecule has 0 aliphatic heterocycles. The van der Waals surface area contributed by atoms with Crippen molar-refractivity contribution in [2.75, 3.05) is 0 Å². The molecule has 4 nitrogen and oxygen atoms in total. The number of hydrogen-bond acceptors (Lipinski definition) is 3. The van der Waals surface area contributed by atoms with Gasteiger partial charge in [-0.3, -0.25) is 4.79 Å². The van der Waals surface area contributed by atoms with Crippen molar-refractivity contribution in [1.29, 1.82) is 0 Å². The molecule has 1 N–H and O–H groups in total. The zero-order chi connectivity index (χ0) is 8.55. The van der Waals surface area contributed by atoms with Crippen molar-refractivity contribution in [2.45, 2.75) is 6.92 Å². The predicted octanol–water partition coefficient (Wildman–Crippen LogP) is 1.08. The van der Waals surface area contributed by atoms with Gasteiger partial charge in [0.05, 0.1) is 0 Å². The first kappa shape index (κ1) is 6.97. The summed E-state index contributed by atoms with van der Waals surface area (Å²) in [6.07, 6.45) is 0.823. The van der Waals surface area contributed by atoms with E-state index in [1.165, 1.54) is 0 Å². The third-order valence-corrected chi connectivity index (χ3v) is 1.83. The number of nitrogens with one attached hydrogen (secondary N) is 1. The van der Waals surface area contributed by atoms with Gasteiger partial charge in [-0.25, -0.2) is 0 Å². The van der Waals surface area contributed by atoms with Crippen LogP contribution in [0.2, 0.25) is 0 Å². The van der Waals surface area contributed by atoms with E-state index in [4.69, 9.17) is 0 Å². The lowest BCUT2D eigenvalue weighted by atomic mass is 10.1. The molecule has 0 aliphatic rings. The normalized spacial score (nSPS) is 10.4. The lowest BCUT2D eigenvalue weighted by Gasteiger charge is -1.94. The number of fused-ring (bicyclic) bond motifs is 1. The Hall–Kier alpha value is -1.71. The first-order chi connectivity index (χ1) is 5.81. The summed E-state index contributed by atoms with van der Waals surface area (Å²) < 4.78 is 0. The third kappa shape index (κ3) is 0.887. The Balaban J connectivity index is 2.81. The average Bonchev–Trinajstić information content (AvgIpc) is 2.49. The monoisotopic (exact) mass is 161 g/mol. The Bertz CT molecular complexity index is 433. The van der Waals surface area contributed by atoms with Gasteiger partial charge in [0, 0.05) is 5.56 Å². The molecular weight excluding hydrogens is 154 g/mol. The van der Waals surface area contributed by atoms with Gasteiger partial charge >= 0.3 is 0 Å². The Kier molecular flexibility index (Phi) is 1.40. The molecule has 0 saturated carbocycles. The molecule has 1 heterocycles. The number of aromatic amines is 1. The maximum Gasteiger partial charge on any atom is 0.150 e. The molecule has 0 aliphatic carbocycles. The van der Waals surface area contributed by atoms with Crippen molar-refractivity contribution in [2.24, 2.45) is 0 Å². The maximum absolute atomic E-state index is 10.5. The molecule has 0 fully saturated rings. The van der Waals surface area contributed by atoms with Gasteiger partial charge in [-0.05, 0) is 24.6 Å². The minimum Gasteiger partial charge on any atom is -0.298 e. The minimum absolute atomic E-state index is 0.663. The van der Waals surface area contributed by atoms with Crippen molar-refractivity contribution in [3.63, 3.8) is 0 Å². The number of rotatable bonds is 1. The number of aryl methyl sites for hydroxylation is 1. The Labute approximate surface area is 68.6 Å². The first-order valence-electron chi connectivity index (χ1n) is 3.57. The smallest absolute Gasteiger partial charge is 0.150 e. The topological polar surface area (TPSA) is 58.6 Å². The highest BCUT2D eigenvalue weighted by molar-refractivity contribution is 5.86. The van der Waals surface area contributed by atoms with Crippen LogP contribution in [0, 0.1) is 6.92 Å². The number of carbonyl (C=O) groups excluding carboxylic acids is 1. The Morgan fingerprint density at radius 1 is 1.33 bits per heavy atom. The van der Waals surface area contributed by atoms with Crippen molar-refractivity contribution in [3.8, 4) is 0 Å². The highest BCUT2D eigenvalue weighted by atomic mass is 16.1. The summed E-state index contributed by atoms with van der Waals surface area (Å²) in [5.41, 5.74) is 3.10. The molecule has 2 aromatic rings. The zero-order valence-corrected chi connectivity index (χ0v) is 6.53. The molecule has 12 heavy (non-hydrogen) atoms. The van der Waals surface area contributed by atoms with E-state index in [-0.39, 0.29) is 0 Å². The Morgan fingerprint density at radius 3 is 2.67 bits per heavy atom. The van der Waals surface area contributed by atoms with Crippen molar-refractivity contribution < 1.29 is 4.79 Å². The van der Waals surface area contributed by atoms with Crippen LogP contribution >= 0.6 is 0 Å². The van der Waals surface area contributed by atoms with Gasteiger partial charge in [0.15, 0.2) is 0 Å². The third-order valence-electron chi connectivity index (χ3n) is 1.83. The van der Waals surface area contributed by atoms with E-state index in [9.17, 15) is 4.79 Å². The second-order valence-electron chi connectivity index (χ2n) is 2.64. The molecule has 0 radical (unpaired) electrons. The fourth-order valence-corrected chi connectivity index (χ4v) is 1.14. The van der Waals surface area contributed by atoms with Gasteiger partial charge in [0.2, 0.25) is 0 Å². The molecule has 0 bridgehead atoms. The van der Waals surface area contributed by atoms with Crippen LogP contribution in [0.25, 0.3) is 11.0 Å². The number of hydrogen-bond donors (Lipinski definition) is 1. The van der Waals surface area contributed by atoms with Crippen LogP contribution in [-0.4, -0.2) is 21.7 Å². The predicted molar refractivity (Wildman–Crippen MR) is 44.0 cm³/mol. The van der Waals surface area contributed by atoms with Crippen LogP contribution in [0.1, 0.15) is 15.9 Å². The van der Waals surface area contributed by atoms with Crippen LogP contribution in [0.4, 0.5) is 0 Å². The van der Waals surface area contributed by atoms with Crippen molar-refractivity contribution in [1.82, 2.24) is 15.4 Å². The van der Waals surface area contributed by atoms with Gasteiger partial charge < -0.3 is 0 Å². The molecule has 0 amide bonds. The van der Waals surface area contributed by atoms with E-state index in [1.54, 1.807) is 6.07 Å². The van der Waals surface area contributed by atoms with Crippen LogP contribution in [0.5, 0.6) is 0 Å². The highest BCUT2D eigenvalue weighted by Gasteiger charge is 2.02. The molecule has 0 spiro atoms. The lowest BCUT2D eigenvalue weighted by molar-refractivity contribution is 0.112. The van der Waals surface area contributed by atoms with Gasteiger partial charge in [-0.1, -0.05) is 0 Å². The molecular formula is C8H7N3O. The molecule has 1 aromatic carbocycles. The number of aromatic nitrogens is 3. The minimum atomic E-state index is 0.663. The summed E-state index contributed by atoms with van der Waals surface area (Å²) >= 11 is 0. The molecule has 60 valence electrons. The number of H-pyrrole nitrogens is 1. The number of benzene rings is 1. The largest absolute Gasteiger partial charge is 0.298 e. The van der Waals surface area contributed by atoms with Gasteiger partial charge in [-0.15, -0.1) is 0 Å². The molecule has 4 heteroatoms. The zero-order valence-electron chi connectivity index (χ0n) is 6.53. The molecule has 2 rings (SSSR count). The fraction of sp³-hybridized carbons (Fsp3) is 0.125. The van der Waals surface area contributed by atoms with Crippen LogP contribution in [0.3, 0.4) is 0 Å². The average molecular weight is 161 g/mol. The van der Waals surface area contributed by atoms with Crippen molar-refractivity contribution in [3.05, 3.63) is 23.3 Å². The van der Waals surface area contributed by atoms with Crippen LogP contribution < -0.4 is 0 Å². The van der Waals surface area contributed by atoms with Gasteiger partial charge in [-0.2, -0.15) is 15.4 Å². The fourth-order valence-electron chi connectivity index (χ4n) is 1.14. The van der Waals surface area contributed by atoms with E-state index in [0.717, 1.165) is 22.9 Å². The summed E-state index contributed by atoms with van der Waals surface area (Å²) in [5, 5.41) is 10.3. The molecule has 1 aromatic heterocycles. The highest BCUT2D eigenvalue weighted by Crippen LogP contribution is 2.13. The number of aldehydes is 1. The van der Waals surface area contributed by atoms with E-state index < -0.39 is 0 Å². The molecule has 0 atom stereocenters. The number of carbonyl (C=O) groups is 1. The molecule has 0 unspecified atom stereocenters. The Morgan fingerprint density at radius 2 is 2.00 bits per heavy atom. The van der Waals surface area contributed by atoms with E-state index in [1.807, 2.05) is 13.0 Å². The summed E-state index contributed by atoms with van der Waals surface area (Å²) in [7, 11) is 0. The van der Waals surface area contributed by atoms with E-state index in [0.29, 0.717) is 5.56 Å². The second kappa shape index (κ2) is 2.41. The summed E-state index contributed by atoms with van der Waals surface area (Å²) in [4.78, 5) is 10.5. The van der Waals surface area contributed by atoms with E-state index >= 15 is 0 Å². The van der Waals surface area contributed by atoms with Crippen LogP contribution in [0.15, 0.2) is 12.1 Å². The number of nitrogens with zero attached hydrogens (tertiary/aromatic N) is 2. The summed E-state index contributed by atoms with van der Waals surface area (Å²) in [6.45, 7) is 1.87. The maximum atomic E-state index is 10.5.